The van der Waals surface area contributed by atoms with Crippen molar-refractivity contribution in [3.63, 3.8) is 0 Å². The second-order valence-electron chi connectivity index (χ2n) is 4.22. The summed E-state index contributed by atoms with van der Waals surface area (Å²) < 4.78 is 17.0. The summed E-state index contributed by atoms with van der Waals surface area (Å²) in [5.74, 6) is 0. The van der Waals surface area contributed by atoms with Crippen LogP contribution in [0.4, 0.5) is 0 Å². The van der Waals surface area contributed by atoms with E-state index in [1.807, 2.05) is 6.26 Å². The summed E-state index contributed by atoms with van der Waals surface area (Å²) in [6, 6.07) is 0. The van der Waals surface area contributed by atoms with Crippen LogP contribution in [0.15, 0.2) is 0 Å². The first-order valence-electron chi connectivity index (χ1n) is 4.70. The van der Waals surface area contributed by atoms with Crippen LogP contribution < -0.4 is 0 Å². The molecule has 0 N–H and O–H groups in total. The molecule has 0 saturated heterocycles. The zero-order valence-corrected chi connectivity index (χ0v) is 13.2. The Morgan fingerprint density at radius 3 is 2.14 bits per heavy atom. The van der Waals surface area contributed by atoms with Crippen molar-refractivity contribution in [2.24, 2.45) is 0 Å². The summed E-state index contributed by atoms with van der Waals surface area (Å²) in [4.78, 5) is 0. The molecule has 0 bridgehead atoms. The predicted octanol–water partition coefficient (Wildman–Crippen LogP) is 2.32. The predicted molar refractivity (Wildman–Crippen MR) is 67.3 cm³/mol. The van der Waals surface area contributed by atoms with Crippen molar-refractivity contribution >= 4 is 29.6 Å². The van der Waals surface area contributed by atoms with Gasteiger partial charge in [-0.1, -0.05) is 0 Å². The molecule has 0 aliphatic rings. The smallest absolute Gasteiger partial charge is 0.334 e. The van der Waals surface area contributed by atoms with Crippen LogP contribution in [0.5, 0.6) is 0 Å². The van der Waals surface area contributed by atoms with E-state index >= 15 is 0 Å². The highest BCUT2D eigenvalue weighted by Crippen LogP contribution is 2.20. The van der Waals surface area contributed by atoms with Crippen LogP contribution >= 0.6 is 12.0 Å². The zero-order chi connectivity index (χ0) is 11.4. The molecule has 0 radical (unpaired) electrons. The Bertz CT molecular complexity index is 176. The summed E-state index contributed by atoms with van der Waals surface area (Å²) in [5.41, 5.74) is 0. The topological polar surface area (TPSA) is 27.7 Å². The van der Waals surface area contributed by atoms with Crippen molar-refractivity contribution in [1.29, 1.82) is 0 Å². The maximum atomic E-state index is 6.04. The molecule has 0 aromatic heterocycles. The van der Waals surface area contributed by atoms with Gasteiger partial charge in [0.05, 0.1) is 5.22 Å². The van der Waals surface area contributed by atoms with Crippen LogP contribution in [-0.4, -0.2) is 36.2 Å². The van der Waals surface area contributed by atoms with Crippen molar-refractivity contribution in [3.8, 4) is 0 Å². The molecule has 6 heteroatoms. The molecule has 14 heavy (non-hydrogen) atoms. The highest BCUT2D eigenvalue weighted by Gasteiger charge is 2.35. The quantitative estimate of drug-likeness (QED) is 0.537. The van der Waals surface area contributed by atoms with Crippen LogP contribution in [0.25, 0.3) is 0 Å². The van der Waals surface area contributed by atoms with Gasteiger partial charge in [-0.3, -0.25) is 0 Å². The highest BCUT2D eigenvalue weighted by atomic mass is 32.2. The lowest BCUT2D eigenvalue weighted by molar-refractivity contribution is 0.0777. The van der Waals surface area contributed by atoms with Crippen molar-refractivity contribution in [3.05, 3.63) is 0 Å². The largest absolute Gasteiger partial charge is 0.436 e. The lowest BCUT2D eigenvalue weighted by Crippen LogP contribution is -2.49. The minimum absolute atomic E-state index is 0.133. The second-order valence-corrected chi connectivity index (χ2v) is 11.6. The summed E-state index contributed by atoms with van der Waals surface area (Å²) in [6.07, 6.45) is 1.92. The van der Waals surface area contributed by atoms with E-state index in [0.29, 0.717) is 0 Å². The standard InChI is InChI=1S/C8H22O3SSi2/c1-8(2,9-3)13(5)11-14(6,7)10-12-4/h13H,1-7H3. The van der Waals surface area contributed by atoms with E-state index in [9.17, 15) is 0 Å². The van der Waals surface area contributed by atoms with Gasteiger partial charge in [-0.2, -0.15) is 0 Å². The van der Waals surface area contributed by atoms with Gasteiger partial charge in [0.15, 0.2) is 9.04 Å². The summed E-state index contributed by atoms with van der Waals surface area (Å²) in [5, 5.41) is -0.133. The fourth-order valence-corrected chi connectivity index (χ4v) is 7.94. The molecule has 0 saturated carbocycles. The van der Waals surface area contributed by atoms with Gasteiger partial charge in [-0.25, -0.2) is 0 Å². The Labute approximate surface area is 94.7 Å². The number of rotatable bonds is 6. The normalized spacial score (nSPS) is 15.6. The maximum Gasteiger partial charge on any atom is 0.334 e. The number of methoxy groups -OCH3 is 1. The molecule has 1 unspecified atom stereocenters. The van der Waals surface area contributed by atoms with Gasteiger partial charge < -0.3 is 12.7 Å². The zero-order valence-electron chi connectivity index (χ0n) is 10.2. The molecular formula is C8H22O3SSi2. The Morgan fingerprint density at radius 2 is 1.79 bits per heavy atom. The molecule has 86 valence electrons. The fraction of sp³-hybridized carbons (Fsp3) is 1.00. The molecule has 0 rings (SSSR count). The summed E-state index contributed by atoms with van der Waals surface area (Å²) >= 11 is 1.39. The fourth-order valence-electron chi connectivity index (χ4n) is 0.954. The molecule has 0 aliphatic carbocycles. The van der Waals surface area contributed by atoms with Gasteiger partial charge in [-0.15, -0.1) is 0 Å². The lowest BCUT2D eigenvalue weighted by Gasteiger charge is -2.34. The first kappa shape index (κ1) is 14.7. The van der Waals surface area contributed by atoms with Crippen LogP contribution in [0, 0.1) is 0 Å². The number of hydrogen-bond donors (Lipinski definition) is 0. The Kier molecular flexibility index (Phi) is 5.94. The van der Waals surface area contributed by atoms with Crippen LogP contribution in [-0.2, 0) is 12.7 Å². The molecule has 0 aliphatic heterocycles. The van der Waals surface area contributed by atoms with Crippen LogP contribution in [0.3, 0.4) is 0 Å². The van der Waals surface area contributed by atoms with Gasteiger partial charge in [0.1, 0.15) is 0 Å². The van der Waals surface area contributed by atoms with E-state index in [0.717, 1.165) is 0 Å². The average Bonchev–Trinajstić information content (AvgIpc) is 2.03. The van der Waals surface area contributed by atoms with Crippen LogP contribution in [0.1, 0.15) is 13.8 Å². The van der Waals surface area contributed by atoms with E-state index < -0.39 is 17.6 Å². The monoisotopic (exact) mass is 254 g/mol. The molecule has 0 spiro atoms. The van der Waals surface area contributed by atoms with E-state index in [1.54, 1.807) is 7.11 Å². The third kappa shape index (κ3) is 4.95. The third-order valence-electron chi connectivity index (χ3n) is 2.25. The van der Waals surface area contributed by atoms with Crippen molar-refractivity contribution < 1.29 is 12.7 Å². The van der Waals surface area contributed by atoms with E-state index in [1.165, 1.54) is 12.0 Å². The lowest BCUT2D eigenvalue weighted by atomic mass is 10.5. The van der Waals surface area contributed by atoms with Crippen LogP contribution in [0.2, 0.25) is 19.6 Å². The van der Waals surface area contributed by atoms with Gasteiger partial charge in [0.2, 0.25) is 0 Å². The number of hydrogen-bond acceptors (Lipinski definition) is 4. The van der Waals surface area contributed by atoms with Crippen molar-refractivity contribution in [2.45, 2.75) is 38.7 Å². The second kappa shape index (κ2) is 5.67. The molecule has 0 fully saturated rings. The number of ether oxygens (including phenoxy) is 1. The summed E-state index contributed by atoms with van der Waals surface area (Å²) in [7, 11) is -1.58. The molecule has 0 heterocycles. The molecule has 3 nitrogen and oxygen atoms in total. The Balaban J connectivity index is 4.23. The Hall–Kier alpha value is 0.664. The minimum Gasteiger partial charge on any atom is -0.436 e. The van der Waals surface area contributed by atoms with Crippen molar-refractivity contribution in [2.75, 3.05) is 13.4 Å². The third-order valence-corrected chi connectivity index (χ3v) is 10.4. The van der Waals surface area contributed by atoms with Gasteiger partial charge in [0, 0.05) is 13.4 Å². The highest BCUT2D eigenvalue weighted by molar-refractivity contribution is 7.94. The molecular weight excluding hydrogens is 232 g/mol. The van der Waals surface area contributed by atoms with Gasteiger partial charge in [-0.05, 0) is 45.5 Å². The van der Waals surface area contributed by atoms with Gasteiger partial charge in [0.25, 0.3) is 0 Å². The first-order valence-corrected chi connectivity index (χ1v) is 10.9. The molecule has 0 aromatic rings. The average molecular weight is 254 g/mol. The Morgan fingerprint density at radius 1 is 1.29 bits per heavy atom. The van der Waals surface area contributed by atoms with E-state index in [4.69, 9.17) is 12.7 Å². The maximum absolute atomic E-state index is 6.04. The first-order chi connectivity index (χ1) is 6.25. The summed E-state index contributed by atoms with van der Waals surface area (Å²) in [6.45, 7) is 10.4. The van der Waals surface area contributed by atoms with E-state index in [2.05, 4.69) is 33.5 Å². The molecule has 0 amide bonds. The van der Waals surface area contributed by atoms with E-state index in [-0.39, 0.29) is 5.22 Å². The SMILES string of the molecule is COC(C)(C)[SiH](C)O[Si](C)(C)OSC. The molecule has 0 aromatic carbocycles. The minimum atomic E-state index is -1.95. The van der Waals surface area contributed by atoms with Crippen molar-refractivity contribution in [1.82, 2.24) is 0 Å². The van der Waals surface area contributed by atoms with Gasteiger partial charge >= 0.3 is 8.56 Å². The molecule has 1 atom stereocenters.